The number of nitrogens with one attached hydrogen (secondary N) is 1. The van der Waals surface area contributed by atoms with Crippen molar-refractivity contribution in [1.82, 2.24) is 5.32 Å². The molecule has 0 aliphatic rings. The minimum absolute atomic E-state index is 0.319. The third-order valence-electron chi connectivity index (χ3n) is 3.11. The van der Waals surface area contributed by atoms with Gasteiger partial charge >= 0.3 is 0 Å². The Hall–Kier alpha value is -0.120. The molecule has 0 aliphatic carbocycles. The quantitative estimate of drug-likeness (QED) is 0.626. The Balaban J connectivity index is 4.05. The summed E-state index contributed by atoms with van der Waals surface area (Å²) in [5.41, 5.74) is 0. The van der Waals surface area contributed by atoms with Crippen molar-refractivity contribution in [2.75, 3.05) is 27.4 Å². The molecule has 0 aromatic heterocycles. The monoisotopic (exact) mass is 231 g/mol. The van der Waals surface area contributed by atoms with E-state index in [1.165, 1.54) is 6.42 Å². The van der Waals surface area contributed by atoms with E-state index < -0.39 is 0 Å². The first kappa shape index (κ1) is 15.9. The van der Waals surface area contributed by atoms with Gasteiger partial charge < -0.3 is 14.8 Å². The average Bonchev–Trinajstić information content (AvgIpc) is 2.30. The lowest BCUT2D eigenvalue weighted by atomic mass is 9.94. The smallest absolute Gasteiger partial charge is 0.0558 e. The van der Waals surface area contributed by atoms with Crippen molar-refractivity contribution in [3.8, 4) is 0 Å². The Morgan fingerprint density at radius 3 is 2.38 bits per heavy atom. The van der Waals surface area contributed by atoms with Crippen LogP contribution in [0.2, 0.25) is 0 Å². The molecule has 3 heteroatoms. The molecule has 3 nitrogen and oxygen atoms in total. The molecule has 0 aromatic rings. The van der Waals surface area contributed by atoms with Gasteiger partial charge in [-0.3, -0.25) is 0 Å². The fourth-order valence-corrected chi connectivity index (χ4v) is 1.81. The van der Waals surface area contributed by atoms with E-state index in [-0.39, 0.29) is 0 Å². The maximum atomic E-state index is 5.34. The third kappa shape index (κ3) is 7.20. The van der Waals surface area contributed by atoms with Gasteiger partial charge in [0.2, 0.25) is 0 Å². The molecule has 0 amide bonds. The van der Waals surface area contributed by atoms with Crippen LogP contribution in [0.25, 0.3) is 0 Å². The van der Waals surface area contributed by atoms with E-state index in [0.29, 0.717) is 18.1 Å². The fraction of sp³-hybridized carbons (Fsp3) is 1.00. The molecule has 0 heterocycles. The molecular formula is C13H29NO2. The van der Waals surface area contributed by atoms with Crippen molar-refractivity contribution in [2.45, 2.75) is 52.2 Å². The SMILES string of the molecule is CCCNC(CC(C)OC)C(C)CCOC. The Bertz CT molecular complexity index is 153. The average molecular weight is 231 g/mol. The second kappa shape index (κ2) is 10.1. The maximum Gasteiger partial charge on any atom is 0.0558 e. The van der Waals surface area contributed by atoms with E-state index in [1.807, 2.05) is 0 Å². The molecule has 98 valence electrons. The topological polar surface area (TPSA) is 30.5 Å². The van der Waals surface area contributed by atoms with E-state index in [2.05, 4.69) is 26.1 Å². The van der Waals surface area contributed by atoms with E-state index in [4.69, 9.17) is 9.47 Å². The number of hydrogen-bond donors (Lipinski definition) is 1. The Kier molecular flexibility index (Phi) is 9.99. The Labute approximate surface area is 101 Å². The van der Waals surface area contributed by atoms with Gasteiger partial charge in [0.15, 0.2) is 0 Å². The van der Waals surface area contributed by atoms with E-state index >= 15 is 0 Å². The Morgan fingerprint density at radius 2 is 1.88 bits per heavy atom. The third-order valence-corrected chi connectivity index (χ3v) is 3.11. The van der Waals surface area contributed by atoms with Crippen molar-refractivity contribution < 1.29 is 9.47 Å². The molecule has 3 unspecified atom stereocenters. The molecular weight excluding hydrogens is 202 g/mol. The Morgan fingerprint density at radius 1 is 1.19 bits per heavy atom. The standard InChI is InChI=1S/C13H29NO2/c1-6-8-14-13(10-12(3)16-5)11(2)7-9-15-4/h11-14H,6-10H2,1-5H3. The minimum atomic E-state index is 0.319. The number of methoxy groups -OCH3 is 2. The summed E-state index contributed by atoms with van der Waals surface area (Å²) in [6, 6.07) is 0.532. The minimum Gasteiger partial charge on any atom is -0.385 e. The van der Waals surface area contributed by atoms with Crippen LogP contribution in [0.3, 0.4) is 0 Å². The van der Waals surface area contributed by atoms with Crippen LogP contribution in [0.15, 0.2) is 0 Å². The first-order valence-corrected chi connectivity index (χ1v) is 6.40. The highest BCUT2D eigenvalue weighted by Gasteiger charge is 2.18. The normalized spacial score (nSPS) is 17.1. The predicted molar refractivity (Wildman–Crippen MR) is 68.8 cm³/mol. The highest BCUT2D eigenvalue weighted by atomic mass is 16.5. The van der Waals surface area contributed by atoms with Crippen molar-refractivity contribution in [3.63, 3.8) is 0 Å². The fourth-order valence-electron chi connectivity index (χ4n) is 1.81. The predicted octanol–water partition coefficient (Wildman–Crippen LogP) is 2.45. The molecule has 0 aliphatic heterocycles. The lowest BCUT2D eigenvalue weighted by molar-refractivity contribution is 0.0880. The van der Waals surface area contributed by atoms with Crippen LogP contribution < -0.4 is 5.32 Å². The summed E-state index contributed by atoms with van der Waals surface area (Å²) in [6.07, 6.45) is 3.67. The lowest BCUT2D eigenvalue weighted by Crippen LogP contribution is -2.38. The summed E-state index contributed by atoms with van der Waals surface area (Å²) >= 11 is 0. The zero-order valence-corrected chi connectivity index (χ0v) is 11.6. The molecule has 0 saturated heterocycles. The van der Waals surface area contributed by atoms with Gasteiger partial charge in [-0.2, -0.15) is 0 Å². The van der Waals surface area contributed by atoms with Crippen LogP contribution >= 0.6 is 0 Å². The van der Waals surface area contributed by atoms with Gasteiger partial charge in [0.05, 0.1) is 6.10 Å². The van der Waals surface area contributed by atoms with Crippen LogP contribution in [-0.2, 0) is 9.47 Å². The molecule has 0 spiro atoms. The van der Waals surface area contributed by atoms with Gasteiger partial charge in [0.1, 0.15) is 0 Å². The second-order valence-corrected chi connectivity index (χ2v) is 4.60. The zero-order chi connectivity index (χ0) is 12.4. The summed E-state index contributed by atoms with van der Waals surface area (Å²) in [7, 11) is 3.54. The molecule has 0 rings (SSSR count). The van der Waals surface area contributed by atoms with Crippen LogP contribution in [0.5, 0.6) is 0 Å². The molecule has 0 fully saturated rings. The molecule has 0 saturated carbocycles. The van der Waals surface area contributed by atoms with Crippen LogP contribution in [0.4, 0.5) is 0 Å². The van der Waals surface area contributed by atoms with Crippen LogP contribution in [-0.4, -0.2) is 39.5 Å². The number of ether oxygens (including phenoxy) is 2. The van der Waals surface area contributed by atoms with E-state index in [0.717, 1.165) is 26.0 Å². The van der Waals surface area contributed by atoms with Crippen molar-refractivity contribution in [3.05, 3.63) is 0 Å². The van der Waals surface area contributed by atoms with E-state index in [9.17, 15) is 0 Å². The largest absolute Gasteiger partial charge is 0.385 e. The highest BCUT2D eigenvalue weighted by molar-refractivity contribution is 4.75. The van der Waals surface area contributed by atoms with Crippen molar-refractivity contribution in [1.29, 1.82) is 0 Å². The molecule has 0 bridgehead atoms. The molecule has 1 N–H and O–H groups in total. The second-order valence-electron chi connectivity index (χ2n) is 4.60. The highest BCUT2D eigenvalue weighted by Crippen LogP contribution is 2.14. The van der Waals surface area contributed by atoms with Gasteiger partial charge in [-0.1, -0.05) is 13.8 Å². The van der Waals surface area contributed by atoms with Crippen LogP contribution in [0.1, 0.15) is 40.0 Å². The van der Waals surface area contributed by atoms with Gasteiger partial charge in [-0.15, -0.1) is 0 Å². The van der Waals surface area contributed by atoms with Crippen molar-refractivity contribution >= 4 is 0 Å². The zero-order valence-electron chi connectivity index (χ0n) is 11.6. The molecule has 0 radical (unpaired) electrons. The summed E-state index contributed by atoms with van der Waals surface area (Å²) in [5, 5.41) is 3.61. The van der Waals surface area contributed by atoms with Gasteiger partial charge in [0.25, 0.3) is 0 Å². The first-order valence-electron chi connectivity index (χ1n) is 6.40. The summed E-state index contributed by atoms with van der Waals surface area (Å²) in [5.74, 6) is 0.629. The van der Waals surface area contributed by atoms with Crippen LogP contribution in [0, 0.1) is 5.92 Å². The summed E-state index contributed by atoms with van der Waals surface area (Å²) < 4.78 is 10.5. The molecule has 16 heavy (non-hydrogen) atoms. The number of hydrogen-bond acceptors (Lipinski definition) is 3. The van der Waals surface area contributed by atoms with Gasteiger partial charge in [-0.25, -0.2) is 0 Å². The van der Waals surface area contributed by atoms with E-state index in [1.54, 1.807) is 14.2 Å². The van der Waals surface area contributed by atoms with Crippen molar-refractivity contribution in [2.24, 2.45) is 5.92 Å². The lowest BCUT2D eigenvalue weighted by Gasteiger charge is -2.27. The van der Waals surface area contributed by atoms with Gasteiger partial charge in [-0.05, 0) is 38.6 Å². The summed E-state index contributed by atoms with van der Waals surface area (Å²) in [6.45, 7) is 8.54. The molecule has 0 aromatic carbocycles. The maximum absolute atomic E-state index is 5.34. The molecule has 3 atom stereocenters. The number of rotatable bonds is 10. The first-order chi connectivity index (χ1) is 7.65. The van der Waals surface area contributed by atoms with Gasteiger partial charge in [0, 0.05) is 26.9 Å². The summed E-state index contributed by atoms with van der Waals surface area (Å²) in [4.78, 5) is 0.